The van der Waals surface area contributed by atoms with E-state index in [9.17, 15) is 9.59 Å². The minimum atomic E-state index is -1.40. The number of methoxy groups -OCH3 is 6. The van der Waals surface area contributed by atoms with Crippen molar-refractivity contribution in [1.82, 2.24) is 0 Å². The normalized spacial score (nSPS) is 20.2. The maximum Gasteiger partial charge on any atom is 0.373 e. The predicted molar refractivity (Wildman–Crippen MR) is 140 cm³/mol. The Morgan fingerprint density at radius 1 is 0.725 bits per heavy atom. The zero-order valence-corrected chi connectivity index (χ0v) is 23.4. The van der Waals surface area contributed by atoms with Crippen LogP contribution in [0.4, 0.5) is 0 Å². The topological polar surface area (TPSA) is 126 Å². The Hall–Kier alpha value is -3.90. The van der Waals surface area contributed by atoms with Gasteiger partial charge in [0.25, 0.3) is 0 Å². The number of hydrogen-bond acceptors (Lipinski definition) is 12. The molecule has 12 nitrogen and oxygen atoms in total. The minimum absolute atomic E-state index is 0.0471. The van der Waals surface area contributed by atoms with E-state index in [1.807, 2.05) is 0 Å². The van der Waals surface area contributed by atoms with Gasteiger partial charge in [0.15, 0.2) is 23.0 Å². The van der Waals surface area contributed by atoms with Crippen LogP contribution in [0.3, 0.4) is 0 Å². The molecular weight excluding hydrogens is 528 g/mol. The predicted octanol–water partition coefficient (Wildman–Crippen LogP) is 4.19. The molecule has 1 fully saturated rings. The van der Waals surface area contributed by atoms with Gasteiger partial charge >= 0.3 is 11.9 Å². The van der Waals surface area contributed by atoms with Crippen molar-refractivity contribution >= 4 is 11.9 Å². The standard InChI is InChI=1S/C28H34O12/c1-16-9-10-28(2,40-39-27(30)18-14-21(33-5)25(36-8)22(15-18)34-6)23(11-16)37-38-26(29)17-12-19(31-3)24(35-7)20(13-17)32-4/h12-16,23H,1-2,9-11H2,3-8H3. The van der Waals surface area contributed by atoms with Crippen molar-refractivity contribution in [2.45, 2.75) is 31.0 Å². The van der Waals surface area contributed by atoms with Crippen LogP contribution < -0.4 is 28.4 Å². The van der Waals surface area contributed by atoms with E-state index in [0.29, 0.717) is 30.8 Å². The zero-order chi connectivity index (χ0) is 29.4. The summed E-state index contributed by atoms with van der Waals surface area (Å²) in [7, 11) is 8.59. The smallest absolute Gasteiger partial charge is 0.373 e. The van der Waals surface area contributed by atoms with Crippen LogP contribution in [0.2, 0.25) is 0 Å². The Morgan fingerprint density at radius 2 is 1.15 bits per heavy atom. The third-order valence-electron chi connectivity index (χ3n) is 6.43. The summed E-state index contributed by atoms with van der Waals surface area (Å²) in [5.74, 6) is -0.0496. The second kappa shape index (κ2) is 13.4. The van der Waals surface area contributed by atoms with Crippen LogP contribution in [0.15, 0.2) is 24.3 Å². The summed E-state index contributed by atoms with van der Waals surface area (Å²) in [6.45, 7) is 8.13. The molecule has 3 atom stereocenters. The van der Waals surface area contributed by atoms with Crippen molar-refractivity contribution in [2.75, 3.05) is 42.7 Å². The molecule has 12 heteroatoms. The van der Waals surface area contributed by atoms with E-state index in [1.54, 1.807) is 0 Å². The van der Waals surface area contributed by atoms with Gasteiger partial charge in [-0.2, -0.15) is 9.78 Å². The lowest BCUT2D eigenvalue weighted by Gasteiger charge is -2.39. The van der Waals surface area contributed by atoms with Crippen LogP contribution in [-0.2, 0) is 19.6 Å². The number of rotatable bonds is 12. The molecular formula is C28H34O12. The van der Waals surface area contributed by atoms with E-state index in [-0.39, 0.29) is 40.0 Å². The highest BCUT2D eigenvalue weighted by atomic mass is 17.2. The van der Waals surface area contributed by atoms with Gasteiger partial charge in [0.2, 0.25) is 11.5 Å². The molecule has 0 aliphatic heterocycles. The van der Waals surface area contributed by atoms with Crippen LogP contribution >= 0.6 is 0 Å². The Balaban J connectivity index is 1.74. The van der Waals surface area contributed by atoms with Gasteiger partial charge in [-0.1, -0.05) is 6.92 Å². The number of carbonyl (C=O) groups excluding carboxylic acids is 2. The second-order valence-electron chi connectivity index (χ2n) is 8.94. The Kier molecular flexibility index (Phi) is 10.3. The van der Waals surface area contributed by atoms with E-state index in [0.717, 1.165) is 0 Å². The van der Waals surface area contributed by atoms with Gasteiger partial charge < -0.3 is 28.4 Å². The molecule has 218 valence electrons. The molecule has 0 aromatic heterocycles. The highest BCUT2D eigenvalue weighted by Crippen LogP contribution is 2.41. The SMILES string of the molecule is [CH2]C1CCC([CH2])(OOC(=O)c2cc(OC)c(OC)c(OC)c2)C(OOC(=O)c2cc(OC)c(OC)c(OC)c2)C1. The molecule has 2 aromatic rings. The number of benzene rings is 2. The van der Waals surface area contributed by atoms with Gasteiger partial charge in [0.05, 0.1) is 53.8 Å². The molecule has 2 radical (unpaired) electrons. The molecule has 0 N–H and O–H groups in total. The Labute approximate surface area is 233 Å². The quantitative estimate of drug-likeness (QED) is 0.272. The van der Waals surface area contributed by atoms with E-state index in [1.165, 1.54) is 66.9 Å². The average Bonchev–Trinajstić information content (AvgIpc) is 2.98. The first-order valence-corrected chi connectivity index (χ1v) is 12.2. The summed E-state index contributed by atoms with van der Waals surface area (Å²) in [5, 5.41) is 0. The van der Waals surface area contributed by atoms with Crippen molar-refractivity contribution in [3.8, 4) is 34.5 Å². The molecule has 0 spiro atoms. The molecule has 1 saturated carbocycles. The highest BCUT2D eigenvalue weighted by Gasteiger charge is 2.45. The summed E-state index contributed by atoms with van der Waals surface area (Å²) in [6, 6.07) is 5.68. The lowest BCUT2D eigenvalue weighted by atomic mass is 9.78. The van der Waals surface area contributed by atoms with Crippen LogP contribution in [0.5, 0.6) is 34.5 Å². The molecule has 0 amide bonds. The maximum absolute atomic E-state index is 12.9. The molecule has 1 aliphatic rings. The summed E-state index contributed by atoms with van der Waals surface area (Å²) in [6.07, 6.45) is 0.304. The summed E-state index contributed by atoms with van der Waals surface area (Å²) in [4.78, 5) is 47.0. The zero-order valence-electron chi connectivity index (χ0n) is 23.4. The lowest BCUT2D eigenvalue weighted by Crippen LogP contribution is -2.49. The first kappa shape index (κ1) is 30.6. The maximum atomic E-state index is 12.9. The van der Waals surface area contributed by atoms with Gasteiger partial charge in [0.1, 0.15) is 11.7 Å². The van der Waals surface area contributed by atoms with Crippen molar-refractivity contribution in [1.29, 1.82) is 0 Å². The minimum Gasteiger partial charge on any atom is -0.493 e. The van der Waals surface area contributed by atoms with Crippen LogP contribution in [0, 0.1) is 19.8 Å². The molecule has 1 aliphatic carbocycles. The van der Waals surface area contributed by atoms with E-state index in [4.69, 9.17) is 48.0 Å². The van der Waals surface area contributed by atoms with E-state index < -0.39 is 23.6 Å². The fraction of sp³-hybridized carbons (Fsp3) is 0.429. The molecule has 0 saturated heterocycles. The third-order valence-corrected chi connectivity index (χ3v) is 6.43. The molecule has 3 rings (SSSR count). The molecule has 3 unspecified atom stereocenters. The third kappa shape index (κ3) is 6.62. The second-order valence-corrected chi connectivity index (χ2v) is 8.94. The van der Waals surface area contributed by atoms with Gasteiger partial charge in [0, 0.05) is 0 Å². The fourth-order valence-electron chi connectivity index (χ4n) is 4.18. The Bertz CT molecular complexity index is 1150. The molecule has 0 heterocycles. The van der Waals surface area contributed by atoms with Crippen molar-refractivity contribution in [2.24, 2.45) is 5.92 Å². The largest absolute Gasteiger partial charge is 0.493 e. The van der Waals surface area contributed by atoms with Crippen molar-refractivity contribution in [3.05, 3.63) is 49.2 Å². The number of ether oxygens (including phenoxy) is 6. The first-order valence-electron chi connectivity index (χ1n) is 12.2. The van der Waals surface area contributed by atoms with Crippen LogP contribution in [0.1, 0.15) is 40.0 Å². The van der Waals surface area contributed by atoms with Crippen LogP contribution in [-0.4, -0.2) is 66.3 Å². The van der Waals surface area contributed by atoms with Crippen molar-refractivity contribution in [3.63, 3.8) is 0 Å². The van der Waals surface area contributed by atoms with E-state index in [2.05, 4.69) is 13.8 Å². The summed E-state index contributed by atoms with van der Waals surface area (Å²) >= 11 is 0. The average molecular weight is 563 g/mol. The summed E-state index contributed by atoms with van der Waals surface area (Å²) in [5.41, 5.74) is -1.24. The van der Waals surface area contributed by atoms with Gasteiger partial charge in [-0.3, -0.25) is 9.78 Å². The molecule has 2 aromatic carbocycles. The van der Waals surface area contributed by atoms with Crippen LogP contribution in [0.25, 0.3) is 0 Å². The fourth-order valence-corrected chi connectivity index (χ4v) is 4.18. The highest BCUT2D eigenvalue weighted by molar-refractivity contribution is 5.91. The number of hydrogen-bond donors (Lipinski definition) is 0. The molecule has 0 bridgehead atoms. The van der Waals surface area contributed by atoms with Gasteiger partial charge in [-0.05, 0) is 56.4 Å². The van der Waals surface area contributed by atoms with Gasteiger partial charge in [-0.15, -0.1) is 0 Å². The summed E-state index contributed by atoms with van der Waals surface area (Å²) < 4.78 is 31.7. The number of carbonyl (C=O) groups is 2. The van der Waals surface area contributed by atoms with Gasteiger partial charge in [-0.25, -0.2) is 9.59 Å². The van der Waals surface area contributed by atoms with E-state index >= 15 is 0 Å². The lowest BCUT2D eigenvalue weighted by molar-refractivity contribution is -0.380. The van der Waals surface area contributed by atoms with Crippen molar-refractivity contribution < 1.29 is 57.6 Å². The monoisotopic (exact) mass is 562 g/mol. The first-order chi connectivity index (χ1) is 19.1. The molecule has 40 heavy (non-hydrogen) atoms. The Morgan fingerprint density at radius 3 is 1.55 bits per heavy atom.